The zero-order valence-electron chi connectivity index (χ0n) is 11.4. The number of hydrogen-bond donors (Lipinski definition) is 3. The number of aromatic amines is 1. The summed E-state index contributed by atoms with van der Waals surface area (Å²) in [6.45, 7) is 2.79. The largest absolute Gasteiger partial charge is 0.369 e. The summed E-state index contributed by atoms with van der Waals surface area (Å²) >= 11 is 3.25. The topological polar surface area (TPSA) is 99.8 Å². The van der Waals surface area contributed by atoms with Gasteiger partial charge in [-0.1, -0.05) is 6.92 Å². The summed E-state index contributed by atoms with van der Waals surface area (Å²) in [4.78, 5) is 10.9. The lowest BCUT2D eigenvalue weighted by molar-refractivity contribution is 0.580. The quantitative estimate of drug-likeness (QED) is 0.687. The number of halogens is 1. The Kier molecular flexibility index (Phi) is 5.32. The van der Waals surface area contributed by atoms with Crippen LogP contribution >= 0.6 is 15.9 Å². The van der Waals surface area contributed by atoms with E-state index in [9.17, 15) is 8.42 Å². The van der Waals surface area contributed by atoms with E-state index in [1.165, 1.54) is 12.4 Å². The molecule has 2 rings (SSSR count). The lowest BCUT2D eigenvalue weighted by Crippen LogP contribution is -2.25. The fourth-order valence-electron chi connectivity index (χ4n) is 1.63. The first-order valence-electron chi connectivity index (χ1n) is 6.39. The van der Waals surface area contributed by atoms with Gasteiger partial charge in [0.25, 0.3) is 0 Å². The molecule has 2 aromatic rings. The predicted molar refractivity (Wildman–Crippen MR) is 83.3 cm³/mol. The summed E-state index contributed by atoms with van der Waals surface area (Å²) < 4.78 is 28.0. The van der Waals surface area contributed by atoms with Gasteiger partial charge in [-0.2, -0.15) is 0 Å². The lowest BCUT2D eigenvalue weighted by Gasteiger charge is -2.12. The van der Waals surface area contributed by atoms with E-state index in [2.05, 4.69) is 40.9 Å². The fourth-order valence-corrected chi connectivity index (χ4v) is 3.28. The number of hydrogen-bond acceptors (Lipinski definition) is 5. The summed E-state index contributed by atoms with van der Waals surface area (Å²) in [5, 5.41) is 3.02. The molecule has 0 aliphatic carbocycles. The van der Waals surface area contributed by atoms with E-state index in [1.54, 1.807) is 12.4 Å². The number of H-pyrrole nitrogens is 1. The van der Waals surface area contributed by atoms with Gasteiger partial charge in [-0.3, -0.25) is 0 Å². The molecule has 0 radical (unpaired) electrons. The van der Waals surface area contributed by atoms with Crippen LogP contribution in [0.4, 0.5) is 5.82 Å². The van der Waals surface area contributed by atoms with Gasteiger partial charge in [-0.25, -0.2) is 23.1 Å². The second-order valence-electron chi connectivity index (χ2n) is 4.33. The molecule has 2 heterocycles. The smallest absolute Gasteiger partial charge is 0.244 e. The van der Waals surface area contributed by atoms with Crippen LogP contribution in [0.3, 0.4) is 0 Å². The van der Waals surface area contributed by atoms with Gasteiger partial charge >= 0.3 is 0 Å². The van der Waals surface area contributed by atoms with E-state index >= 15 is 0 Å². The first-order chi connectivity index (χ1) is 10.0. The molecule has 9 heteroatoms. The minimum absolute atomic E-state index is 0.116. The fraction of sp³-hybridized carbons (Fsp3) is 0.333. The van der Waals surface area contributed by atoms with Crippen LogP contribution in [-0.2, 0) is 16.6 Å². The van der Waals surface area contributed by atoms with Crippen molar-refractivity contribution < 1.29 is 8.42 Å². The molecule has 3 N–H and O–H groups in total. The average Bonchev–Trinajstić information content (AvgIpc) is 2.97. The summed E-state index contributed by atoms with van der Waals surface area (Å²) in [6, 6.07) is 1.53. The van der Waals surface area contributed by atoms with Crippen molar-refractivity contribution in [1.29, 1.82) is 0 Å². The second-order valence-corrected chi connectivity index (χ2v) is 6.98. The molecule has 0 saturated heterocycles. The standard InChI is InChI=1S/C12H16BrN5O2S/c1-2-3-15-12-11(4-9(13)5-16-12)21(19,20)18-7-10-6-14-8-17-10/h4-6,8,18H,2-3,7H2,1H3,(H,14,17)(H,15,16). The third-order valence-corrected chi connectivity index (χ3v) is 4.51. The van der Waals surface area contributed by atoms with E-state index in [4.69, 9.17) is 0 Å². The van der Waals surface area contributed by atoms with Gasteiger partial charge in [0.2, 0.25) is 10.0 Å². The van der Waals surface area contributed by atoms with Gasteiger partial charge in [0.1, 0.15) is 10.7 Å². The van der Waals surface area contributed by atoms with Crippen molar-refractivity contribution in [3.8, 4) is 0 Å². The van der Waals surface area contributed by atoms with Crippen LogP contribution in [0.15, 0.2) is 34.2 Å². The molecule has 0 fully saturated rings. The molecule has 0 unspecified atom stereocenters. The average molecular weight is 374 g/mol. The molecule has 0 amide bonds. The van der Waals surface area contributed by atoms with Crippen LogP contribution in [0.25, 0.3) is 0 Å². The molecule has 0 aliphatic rings. The molecule has 0 bridgehead atoms. The van der Waals surface area contributed by atoms with Gasteiger partial charge in [-0.05, 0) is 28.4 Å². The van der Waals surface area contributed by atoms with Crippen LogP contribution in [0.5, 0.6) is 0 Å². The molecular weight excluding hydrogens is 358 g/mol. The summed E-state index contributed by atoms with van der Waals surface area (Å²) in [6.07, 6.45) is 5.50. The van der Waals surface area contributed by atoms with Crippen molar-refractivity contribution in [3.05, 3.63) is 35.0 Å². The molecule has 0 saturated carbocycles. The van der Waals surface area contributed by atoms with E-state index in [0.29, 0.717) is 22.5 Å². The van der Waals surface area contributed by atoms with Crippen LogP contribution < -0.4 is 10.0 Å². The predicted octanol–water partition coefficient (Wildman–Crippen LogP) is 1.87. The van der Waals surface area contributed by atoms with Crippen LogP contribution in [-0.4, -0.2) is 29.9 Å². The number of rotatable bonds is 7. The Labute approximate surface area is 131 Å². The van der Waals surface area contributed by atoms with Crippen molar-refractivity contribution in [2.24, 2.45) is 0 Å². The zero-order chi connectivity index (χ0) is 15.3. The summed E-state index contributed by atoms with van der Waals surface area (Å²) in [5.74, 6) is 0.345. The maximum Gasteiger partial charge on any atom is 0.244 e. The molecule has 0 aromatic carbocycles. The Hall–Kier alpha value is -1.45. The van der Waals surface area contributed by atoms with Crippen molar-refractivity contribution in [2.45, 2.75) is 24.8 Å². The van der Waals surface area contributed by atoms with E-state index in [0.717, 1.165) is 6.42 Å². The van der Waals surface area contributed by atoms with Gasteiger partial charge in [0.15, 0.2) is 0 Å². The number of pyridine rings is 1. The maximum absolute atomic E-state index is 12.4. The molecule has 0 aliphatic heterocycles. The highest BCUT2D eigenvalue weighted by Gasteiger charge is 2.20. The normalized spacial score (nSPS) is 11.5. The lowest BCUT2D eigenvalue weighted by atomic mass is 10.4. The van der Waals surface area contributed by atoms with Crippen LogP contribution in [0.1, 0.15) is 19.0 Å². The molecule has 21 heavy (non-hydrogen) atoms. The van der Waals surface area contributed by atoms with Crippen molar-refractivity contribution >= 4 is 31.8 Å². The molecular formula is C12H16BrN5O2S. The molecule has 0 atom stereocenters. The Bertz CT molecular complexity index is 688. The third kappa shape index (κ3) is 4.26. The number of aromatic nitrogens is 3. The van der Waals surface area contributed by atoms with Crippen LogP contribution in [0, 0.1) is 0 Å². The van der Waals surface area contributed by atoms with Crippen molar-refractivity contribution in [2.75, 3.05) is 11.9 Å². The number of imidazole rings is 1. The SMILES string of the molecule is CCCNc1ncc(Br)cc1S(=O)(=O)NCc1cnc[nH]1. The van der Waals surface area contributed by atoms with E-state index in [1.807, 2.05) is 6.92 Å². The maximum atomic E-state index is 12.4. The Morgan fingerprint density at radius 1 is 1.38 bits per heavy atom. The zero-order valence-corrected chi connectivity index (χ0v) is 13.8. The van der Waals surface area contributed by atoms with E-state index < -0.39 is 10.0 Å². The van der Waals surface area contributed by atoms with Gasteiger partial charge in [0, 0.05) is 29.1 Å². The Morgan fingerprint density at radius 2 is 2.19 bits per heavy atom. The van der Waals surface area contributed by atoms with Gasteiger partial charge in [-0.15, -0.1) is 0 Å². The Morgan fingerprint density at radius 3 is 2.86 bits per heavy atom. The Balaban J connectivity index is 2.23. The van der Waals surface area contributed by atoms with Crippen LogP contribution in [0.2, 0.25) is 0 Å². The first kappa shape index (κ1) is 15.9. The minimum Gasteiger partial charge on any atom is -0.369 e. The van der Waals surface area contributed by atoms with Gasteiger partial charge in [0.05, 0.1) is 12.9 Å². The highest BCUT2D eigenvalue weighted by Crippen LogP contribution is 2.23. The first-order valence-corrected chi connectivity index (χ1v) is 8.67. The molecule has 0 spiro atoms. The summed E-state index contributed by atoms with van der Waals surface area (Å²) in [5.41, 5.74) is 0.685. The number of nitrogens with zero attached hydrogens (tertiary/aromatic N) is 2. The number of anilines is 1. The highest BCUT2D eigenvalue weighted by atomic mass is 79.9. The minimum atomic E-state index is -3.67. The molecule has 2 aromatic heterocycles. The molecule has 114 valence electrons. The summed E-state index contributed by atoms with van der Waals surface area (Å²) in [7, 11) is -3.67. The third-order valence-electron chi connectivity index (χ3n) is 2.66. The molecule has 7 nitrogen and oxygen atoms in total. The highest BCUT2D eigenvalue weighted by molar-refractivity contribution is 9.10. The monoisotopic (exact) mass is 373 g/mol. The second kappa shape index (κ2) is 7.01. The van der Waals surface area contributed by atoms with Gasteiger partial charge < -0.3 is 10.3 Å². The van der Waals surface area contributed by atoms with E-state index in [-0.39, 0.29) is 11.4 Å². The number of sulfonamides is 1. The van der Waals surface area contributed by atoms with Crippen molar-refractivity contribution in [1.82, 2.24) is 19.7 Å². The number of nitrogens with one attached hydrogen (secondary N) is 3. The van der Waals surface area contributed by atoms with Crippen molar-refractivity contribution in [3.63, 3.8) is 0 Å².